The first-order valence-electron chi connectivity index (χ1n) is 10.6. The number of likely N-dealkylation sites (tertiary alicyclic amines) is 1. The van der Waals surface area contributed by atoms with Crippen LogP contribution in [0.15, 0.2) is 18.3 Å². The maximum atomic E-state index is 13.3. The molecule has 0 unspecified atom stereocenters. The molecular weight excluding hydrogens is 392 g/mol. The standard InChI is InChI=1S/C21H29ClN4O3/c22-16-6-7-19-24-20(21(27)25-8-4-2-1-3-5-9-25)18(26(19)14-16)13-23-12-17-15-28-10-11-29-17/h6-7,14,17,23H,1-5,8-13,15H2/t17-/m1/s1. The normalized spacial score (nSPS) is 21.1. The number of ether oxygens (including phenoxy) is 2. The van der Waals surface area contributed by atoms with Crippen LogP contribution in [0, 0.1) is 0 Å². The topological polar surface area (TPSA) is 68.1 Å². The maximum absolute atomic E-state index is 13.3. The van der Waals surface area contributed by atoms with Crippen LogP contribution in [0.1, 0.15) is 48.3 Å². The lowest BCUT2D eigenvalue weighted by Gasteiger charge is -2.25. The molecule has 2 aliphatic rings. The van der Waals surface area contributed by atoms with E-state index in [1.807, 2.05) is 21.6 Å². The van der Waals surface area contributed by atoms with Gasteiger partial charge >= 0.3 is 0 Å². The molecule has 2 aromatic heterocycles. The highest BCUT2D eigenvalue weighted by Crippen LogP contribution is 2.20. The molecule has 2 aromatic rings. The highest BCUT2D eigenvalue weighted by molar-refractivity contribution is 6.30. The quantitative estimate of drug-likeness (QED) is 0.805. The number of hydrogen-bond acceptors (Lipinski definition) is 5. The molecule has 1 N–H and O–H groups in total. The number of rotatable bonds is 5. The van der Waals surface area contributed by atoms with Gasteiger partial charge in [0, 0.05) is 32.4 Å². The molecule has 1 amide bonds. The summed E-state index contributed by atoms with van der Waals surface area (Å²) in [7, 11) is 0. The number of amides is 1. The van der Waals surface area contributed by atoms with Gasteiger partial charge in [0.1, 0.15) is 5.65 Å². The van der Waals surface area contributed by atoms with Crippen molar-refractivity contribution in [3.63, 3.8) is 0 Å². The number of pyridine rings is 1. The van der Waals surface area contributed by atoms with Crippen molar-refractivity contribution in [2.24, 2.45) is 0 Å². The SMILES string of the molecule is O=C(c1nc2ccc(Cl)cn2c1CNC[C@@H]1COCCO1)N1CCCCCCC1. The van der Waals surface area contributed by atoms with Gasteiger partial charge in [0.25, 0.3) is 5.91 Å². The van der Waals surface area contributed by atoms with E-state index in [1.54, 1.807) is 6.07 Å². The molecule has 2 fully saturated rings. The van der Waals surface area contributed by atoms with E-state index in [0.717, 1.165) is 37.3 Å². The van der Waals surface area contributed by atoms with Crippen LogP contribution in [-0.2, 0) is 16.0 Å². The average molecular weight is 421 g/mol. The third-order valence-corrected chi connectivity index (χ3v) is 5.80. The second-order valence-corrected chi connectivity index (χ2v) is 8.18. The molecule has 0 bridgehead atoms. The molecular formula is C21H29ClN4O3. The number of aromatic nitrogens is 2. The smallest absolute Gasteiger partial charge is 0.274 e. The molecule has 7 nitrogen and oxygen atoms in total. The number of imidazole rings is 1. The Morgan fingerprint density at radius 3 is 2.72 bits per heavy atom. The Bertz CT molecular complexity index is 827. The van der Waals surface area contributed by atoms with E-state index in [4.69, 9.17) is 21.1 Å². The van der Waals surface area contributed by atoms with Crippen LogP contribution in [0.4, 0.5) is 0 Å². The van der Waals surface area contributed by atoms with Crippen molar-refractivity contribution in [2.45, 2.75) is 44.8 Å². The van der Waals surface area contributed by atoms with Gasteiger partial charge in [-0.25, -0.2) is 4.98 Å². The Kier molecular flexibility index (Phi) is 7.02. The Balaban J connectivity index is 1.54. The van der Waals surface area contributed by atoms with Crippen LogP contribution in [0.25, 0.3) is 5.65 Å². The van der Waals surface area contributed by atoms with Crippen molar-refractivity contribution in [2.75, 3.05) is 39.5 Å². The first-order chi connectivity index (χ1) is 14.2. The van der Waals surface area contributed by atoms with Gasteiger partial charge in [-0.3, -0.25) is 4.79 Å². The van der Waals surface area contributed by atoms with Crippen molar-refractivity contribution in [3.8, 4) is 0 Å². The zero-order valence-corrected chi connectivity index (χ0v) is 17.5. The van der Waals surface area contributed by atoms with E-state index in [0.29, 0.717) is 43.6 Å². The van der Waals surface area contributed by atoms with Gasteiger partial charge in [-0.2, -0.15) is 0 Å². The minimum Gasteiger partial charge on any atom is -0.376 e. The van der Waals surface area contributed by atoms with Gasteiger partial charge in [0.2, 0.25) is 0 Å². The van der Waals surface area contributed by atoms with Crippen molar-refractivity contribution in [3.05, 3.63) is 34.7 Å². The number of halogens is 1. The minimum absolute atomic E-state index is 0.0146. The number of carbonyl (C=O) groups excluding carboxylic acids is 1. The van der Waals surface area contributed by atoms with E-state index in [-0.39, 0.29) is 12.0 Å². The summed E-state index contributed by atoms with van der Waals surface area (Å²) in [6.07, 6.45) is 7.59. The highest BCUT2D eigenvalue weighted by atomic mass is 35.5. The van der Waals surface area contributed by atoms with Gasteiger partial charge in [-0.15, -0.1) is 0 Å². The Hall–Kier alpha value is -1.67. The van der Waals surface area contributed by atoms with Crippen LogP contribution >= 0.6 is 11.6 Å². The van der Waals surface area contributed by atoms with Gasteiger partial charge < -0.3 is 24.1 Å². The van der Waals surface area contributed by atoms with Crippen LogP contribution in [0.2, 0.25) is 5.02 Å². The largest absolute Gasteiger partial charge is 0.376 e. The molecule has 0 radical (unpaired) electrons. The lowest BCUT2D eigenvalue weighted by molar-refractivity contribution is -0.0864. The summed E-state index contributed by atoms with van der Waals surface area (Å²) in [6.45, 7) is 4.63. The molecule has 4 rings (SSSR count). The molecule has 8 heteroatoms. The van der Waals surface area contributed by atoms with Crippen LogP contribution in [-0.4, -0.2) is 65.8 Å². The maximum Gasteiger partial charge on any atom is 0.274 e. The number of carbonyl (C=O) groups is 1. The Labute approximate surface area is 176 Å². The van der Waals surface area contributed by atoms with E-state index in [1.165, 1.54) is 19.3 Å². The van der Waals surface area contributed by atoms with Gasteiger partial charge in [-0.1, -0.05) is 30.9 Å². The number of nitrogens with zero attached hydrogens (tertiary/aromatic N) is 3. The van der Waals surface area contributed by atoms with Crippen molar-refractivity contribution in [1.29, 1.82) is 0 Å². The molecule has 0 spiro atoms. The summed E-state index contributed by atoms with van der Waals surface area (Å²) in [6, 6.07) is 3.66. The second-order valence-electron chi connectivity index (χ2n) is 7.74. The lowest BCUT2D eigenvalue weighted by atomic mass is 10.1. The third-order valence-electron chi connectivity index (χ3n) is 5.58. The van der Waals surface area contributed by atoms with Crippen LogP contribution in [0.5, 0.6) is 0 Å². The zero-order chi connectivity index (χ0) is 20.1. The van der Waals surface area contributed by atoms with Crippen molar-refractivity contribution >= 4 is 23.2 Å². The highest BCUT2D eigenvalue weighted by Gasteiger charge is 2.24. The Morgan fingerprint density at radius 2 is 1.97 bits per heavy atom. The van der Waals surface area contributed by atoms with Crippen LogP contribution in [0.3, 0.4) is 0 Å². The summed E-state index contributed by atoms with van der Waals surface area (Å²) in [5.74, 6) is 0.0146. The fraction of sp³-hybridized carbons (Fsp3) is 0.619. The fourth-order valence-corrected chi connectivity index (χ4v) is 4.17. The molecule has 29 heavy (non-hydrogen) atoms. The van der Waals surface area contributed by atoms with Gasteiger partial charge in [0.15, 0.2) is 5.69 Å². The van der Waals surface area contributed by atoms with E-state index >= 15 is 0 Å². The van der Waals surface area contributed by atoms with Gasteiger partial charge in [-0.05, 0) is 25.0 Å². The molecule has 1 atom stereocenters. The van der Waals surface area contributed by atoms with Crippen LogP contribution < -0.4 is 5.32 Å². The number of hydrogen-bond donors (Lipinski definition) is 1. The minimum atomic E-state index is 0.0146. The predicted molar refractivity (Wildman–Crippen MR) is 111 cm³/mol. The van der Waals surface area contributed by atoms with Crippen molar-refractivity contribution < 1.29 is 14.3 Å². The zero-order valence-electron chi connectivity index (χ0n) is 16.7. The summed E-state index contributed by atoms with van der Waals surface area (Å²) < 4.78 is 13.1. The summed E-state index contributed by atoms with van der Waals surface area (Å²) in [5.41, 5.74) is 2.09. The Morgan fingerprint density at radius 1 is 1.17 bits per heavy atom. The fourth-order valence-electron chi connectivity index (χ4n) is 4.01. The molecule has 2 aliphatic heterocycles. The second kappa shape index (κ2) is 9.89. The summed E-state index contributed by atoms with van der Waals surface area (Å²) in [5, 5.41) is 4.03. The first kappa shape index (κ1) is 20.6. The monoisotopic (exact) mass is 420 g/mol. The number of nitrogens with one attached hydrogen (secondary N) is 1. The van der Waals surface area contributed by atoms with E-state index in [9.17, 15) is 4.79 Å². The third kappa shape index (κ3) is 5.09. The molecule has 0 saturated carbocycles. The number of fused-ring (bicyclic) bond motifs is 1. The molecule has 0 aromatic carbocycles. The van der Waals surface area contributed by atoms with Crippen molar-refractivity contribution in [1.82, 2.24) is 19.6 Å². The van der Waals surface area contributed by atoms with E-state index < -0.39 is 0 Å². The summed E-state index contributed by atoms with van der Waals surface area (Å²) in [4.78, 5) is 20.0. The molecule has 2 saturated heterocycles. The summed E-state index contributed by atoms with van der Waals surface area (Å²) >= 11 is 6.22. The molecule has 158 valence electrons. The molecule has 0 aliphatic carbocycles. The lowest BCUT2D eigenvalue weighted by Crippen LogP contribution is -2.38. The van der Waals surface area contributed by atoms with E-state index in [2.05, 4.69) is 10.3 Å². The predicted octanol–water partition coefficient (Wildman–Crippen LogP) is 2.90. The van der Waals surface area contributed by atoms with Gasteiger partial charge in [0.05, 0.1) is 36.6 Å². The molecule has 4 heterocycles. The first-order valence-corrected chi connectivity index (χ1v) is 11.0. The average Bonchev–Trinajstić information content (AvgIpc) is 3.06.